The van der Waals surface area contributed by atoms with E-state index in [0.717, 1.165) is 5.52 Å². The zero-order chi connectivity index (χ0) is 21.3. The van der Waals surface area contributed by atoms with E-state index >= 15 is 0 Å². The Bertz CT molecular complexity index is 1300. The van der Waals surface area contributed by atoms with Crippen LogP contribution in [0.1, 0.15) is 17.3 Å². The highest BCUT2D eigenvalue weighted by Gasteiger charge is 2.20. The van der Waals surface area contributed by atoms with Gasteiger partial charge in [-0.15, -0.1) is 0 Å². The van der Waals surface area contributed by atoms with E-state index in [9.17, 15) is 14.0 Å². The average molecular weight is 421 g/mol. The van der Waals surface area contributed by atoms with Crippen LogP contribution in [0.5, 0.6) is 0 Å². The molecule has 0 aliphatic carbocycles. The van der Waals surface area contributed by atoms with Crippen LogP contribution in [0.4, 0.5) is 10.2 Å². The summed E-state index contributed by atoms with van der Waals surface area (Å²) in [6.07, 6.45) is 0. The second-order valence-corrected chi connectivity index (χ2v) is 7.22. The quantitative estimate of drug-likeness (QED) is 0.458. The highest BCUT2D eigenvalue weighted by Crippen LogP contribution is 2.30. The van der Waals surface area contributed by atoms with Crippen LogP contribution in [-0.4, -0.2) is 10.5 Å². The molecule has 0 radical (unpaired) electrons. The number of para-hydroxylation sites is 1. The van der Waals surface area contributed by atoms with Crippen molar-refractivity contribution in [2.45, 2.75) is 13.5 Å². The van der Waals surface area contributed by atoms with Crippen molar-refractivity contribution in [3.63, 3.8) is 0 Å². The largest absolute Gasteiger partial charge is 0.327 e. The fourth-order valence-corrected chi connectivity index (χ4v) is 3.65. The zero-order valence-corrected chi connectivity index (χ0v) is 16.9. The lowest BCUT2D eigenvalue weighted by Crippen LogP contribution is -2.22. The highest BCUT2D eigenvalue weighted by atomic mass is 35.5. The van der Waals surface area contributed by atoms with Crippen molar-refractivity contribution in [2.24, 2.45) is 0 Å². The fraction of sp³-hybridized carbons (Fsp3) is 0.0833. The summed E-state index contributed by atoms with van der Waals surface area (Å²) in [6.45, 7) is 2.47. The lowest BCUT2D eigenvalue weighted by molar-refractivity contribution is 0.102. The summed E-state index contributed by atoms with van der Waals surface area (Å²) in [5.41, 5.74) is 1.85. The summed E-state index contributed by atoms with van der Waals surface area (Å²) in [5, 5.41) is 3.99. The number of fused-ring (bicyclic) bond motifs is 1. The van der Waals surface area contributed by atoms with Gasteiger partial charge >= 0.3 is 0 Å². The third-order valence-corrected chi connectivity index (χ3v) is 5.21. The number of halogens is 2. The van der Waals surface area contributed by atoms with E-state index in [1.54, 1.807) is 30.3 Å². The number of rotatable bonds is 4. The molecule has 0 fully saturated rings. The van der Waals surface area contributed by atoms with Gasteiger partial charge in [0.05, 0.1) is 11.1 Å². The van der Waals surface area contributed by atoms with Gasteiger partial charge in [-0.3, -0.25) is 9.59 Å². The average Bonchev–Trinajstić information content (AvgIpc) is 2.76. The minimum Gasteiger partial charge on any atom is -0.327 e. The number of anilines is 1. The molecule has 0 aliphatic heterocycles. The molecule has 0 saturated heterocycles. The Labute approximate surface area is 177 Å². The molecule has 0 bridgehead atoms. The van der Waals surface area contributed by atoms with Crippen molar-refractivity contribution >= 4 is 34.2 Å². The lowest BCUT2D eigenvalue weighted by Gasteiger charge is -2.20. The molecule has 1 aromatic heterocycles. The number of nitrogens with one attached hydrogen (secondary N) is 1. The first-order valence-corrected chi connectivity index (χ1v) is 9.85. The Kier molecular flexibility index (Phi) is 5.38. The molecule has 30 heavy (non-hydrogen) atoms. The van der Waals surface area contributed by atoms with Gasteiger partial charge in [0.15, 0.2) is 5.43 Å². The number of pyridine rings is 1. The van der Waals surface area contributed by atoms with Gasteiger partial charge < -0.3 is 9.88 Å². The molecule has 6 heteroatoms. The maximum absolute atomic E-state index is 13.4. The molecule has 4 rings (SSSR count). The van der Waals surface area contributed by atoms with E-state index in [4.69, 9.17) is 11.6 Å². The fourth-order valence-electron chi connectivity index (χ4n) is 3.52. The molecule has 0 aliphatic rings. The van der Waals surface area contributed by atoms with Gasteiger partial charge in [0, 0.05) is 22.5 Å². The summed E-state index contributed by atoms with van der Waals surface area (Å²) >= 11 is 6.03. The molecule has 0 spiro atoms. The third-order valence-electron chi connectivity index (χ3n) is 4.96. The van der Waals surface area contributed by atoms with E-state index in [1.807, 2.05) is 29.7 Å². The zero-order valence-electron chi connectivity index (χ0n) is 16.2. The Morgan fingerprint density at radius 2 is 1.67 bits per heavy atom. The first kappa shape index (κ1) is 19.9. The number of aromatic nitrogens is 1. The molecular weight excluding hydrogens is 403 g/mol. The molecule has 1 heterocycles. The molecule has 3 aromatic carbocycles. The van der Waals surface area contributed by atoms with E-state index in [0.29, 0.717) is 39.5 Å². The van der Waals surface area contributed by atoms with Crippen molar-refractivity contribution in [3.05, 3.63) is 99.4 Å². The number of hydrogen-bond acceptors (Lipinski definition) is 2. The second kappa shape index (κ2) is 8.13. The molecule has 0 unspecified atom stereocenters. The lowest BCUT2D eigenvalue weighted by atomic mass is 10.0. The van der Waals surface area contributed by atoms with Crippen LogP contribution in [0.3, 0.4) is 0 Å². The number of carbonyl (C=O) groups excluding carboxylic acids is 1. The monoisotopic (exact) mass is 420 g/mol. The normalized spacial score (nSPS) is 10.9. The maximum Gasteiger partial charge on any atom is 0.256 e. The van der Waals surface area contributed by atoms with Crippen LogP contribution in [0, 0.1) is 5.82 Å². The maximum atomic E-state index is 13.4. The standard InChI is InChI=1S/C24H18ClFN2O2/c1-2-28-20-6-4-3-5-19(20)22(29)21(15-7-11-17(25)12-8-15)23(28)27-24(30)16-9-13-18(26)14-10-16/h3-14H,2H2,1H3,(H,27,30). The first-order valence-electron chi connectivity index (χ1n) is 9.48. The van der Waals surface area contributed by atoms with Crippen molar-refractivity contribution in [1.29, 1.82) is 0 Å². The van der Waals surface area contributed by atoms with Crippen molar-refractivity contribution in [2.75, 3.05) is 5.32 Å². The number of carbonyl (C=O) groups is 1. The number of nitrogens with zero attached hydrogens (tertiary/aromatic N) is 1. The Hall–Kier alpha value is -3.44. The molecule has 1 N–H and O–H groups in total. The van der Waals surface area contributed by atoms with E-state index < -0.39 is 11.7 Å². The number of benzene rings is 3. The highest BCUT2D eigenvalue weighted by molar-refractivity contribution is 6.30. The Morgan fingerprint density at radius 3 is 2.33 bits per heavy atom. The Morgan fingerprint density at radius 1 is 1.00 bits per heavy atom. The number of aryl methyl sites for hydroxylation is 1. The third kappa shape index (κ3) is 3.60. The van der Waals surface area contributed by atoms with Crippen LogP contribution in [0.2, 0.25) is 5.02 Å². The predicted molar refractivity (Wildman–Crippen MR) is 119 cm³/mol. The van der Waals surface area contributed by atoms with Gasteiger partial charge in [-0.25, -0.2) is 4.39 Å². The predicted octanol–water partition coefficient (Wildman–Crippen LogP) is 5.73. The van der Waals surface area contributed by atoms with Crippen molar-refractivity contribution in [3.8, 4) is 11.1 Å². The summed E-state index contributed by atoms with van der Waals surface area (Å²) in [7, 11) is 0. The van der Waals surface area contributed by atoms with E-state index in [2.05, 4.69) is 5.32 Å². The topological polar surface area (TPSA) is 51.1 Å². The van der Waals surface area contributed by atoms with Crippen LogP contribution >= 0.6 is 11.6 Å². The van der Waals surface area contributed by atoms with Gasteiger partial charge in [0.1, 0.15) is 11.6 Å². The molecule has 0 atom stereocenters. The Balaban J connectivity index is 1.97. The molecule has 4 nitrogen and oxygen atoms in total. The van der Waals surface area contributed by atoms with Crippen LogP contribution in [0.15, 0.2) is 77.6 Å². The van der Waals surface area contributed by atoms with Crippen molar-refractivity contribution in [1.82, 2.24) is 4.57 Å². The van der Waals surface area contributed by atoms with Gasteiger partial charge in [-0.05, 0) is 61.0 Å². The van der Waals surface area contributed by atoms with E-state index in [1.165, 1.54) is 24.3 Å². The molecule has 1 amide bonds. The summed E-state index contributed by atoms with van der Waals surface area (Å²) < 4.78 is 15.1. The molecule has 0 saturated carbocycles. The van der Waals surface area contributed by atoms with Gasteiger partial charge in [-0.1, -0.05) is 35.9 Å². The minimum absolute atomic E-state index is 0.188. The SMILES string of the molecule is CCn1c(NC(=O)c2ccc(F)cc2)c(-c2ccc(Cl)cc2)c(=O)c2ccccc21. The van der Waals surface area contributed by atoms with Gasteiger partial charge in [-0.2, -0.15) is 0 Å². The summed E-state index contributed by atoms with van der Waals surface area (Å²) in [5.74, 6) is -0.468. The minimum atomic E-state index is -0.429. The van der Waals surface area contributed by atoms with Crippen LogP contribution in [0.25, 0.3) is 22.0 Å². The van der Waals surface area contributed by atoms with Crippen molar-refractivity contribution < 1.29 is 9.18 Å². The molecular formula is C24H18ClFN2O2. The van der Waals surface area contributed by atoms with E-state index in [-0.39, 0.29) is 5.43 Å². The van der Waals surface area contributed by atoms with Crippen LogP contribution in [-0.2, 0) is 6.54 Å². The van der Waals surface area contributed by atoms with Crippen LogP contribution < -0.4 is 10.7 Å². The first-order chi connectivity index (χ1) is 14.5. The number of hydrogen-bond donors (Lipinski definition) is 1. The number of amides is 1. The molecule has 4 aromatic rings. The van der Waals surface area contributed by atoms with Gasteiger partial charge in [0.2, 0.25) is 0 Å². The molecule has 150 valence electrons. The second-order valence-electron chi connectivity index (χ2n) is 6.78. The summed E-state index contributed by atoms with van der Waals surface area (Å²) in [4.78, 5) is 26.3. The van der Waals surface area contributed by atoms with Gasteiger partial charge in [0.25, 0.3) is 5.91 Å². The summed E-state index contributed by atoms with van der Waals surface area (Å²) in [6, 6.07) is 19.4. The smallest absolute Gasteiger partial charge is 0.256 e.